The van der Waals surface area contributed by atoms with E-state index in [1.807, 2.05) is 32.6 Å². The molecule has 1 saturated heterocycles. The van der Waals surface area contributed by atoms with Crippen LogP contribution in [0.15, 0.2) is 0 Å². The zero-order valence-electron chi connectivity index (χ0n) is 12.7. The van der Waals surface area contributed by atoms with Crippen LogP contribution in [0.4, 0.5) is 4.79 Å². The lowest BCUT2D eigenvalue weighted by Crippen LogP contribution is -2.52. The molecular formula is C13H31N3O. The minimum absolute atomic E-state index is 0.0448. The third kappa shape index (κ3) is 7.21. The largest absolute Gasteiger partial charge is 0.341 e. The number of urea groups is 1. The third-order valence-electron chi connectivity index (χ3n) is 2.55. The molecule has 1 N–H and O–H groups in total. The molecule has 0 unspecified atom stereocenters. The molecule has 4 nitrogen and oxygen atoms in total. The van der Waals surface area contributed by atoms with E-state index in [0.717, 1.165) is 26.2 Å². The van der Waals surface area contributed by atoms with Gasteiger partial charge in [-0.25, -0.2) is 4.79 Å². The molecule has 0 aromatic rings. The second-order valence-electron chi connectivity index (χ2n) is 3.67. The van der Waals surface area contributed by atoms with E-state index in [-0.39, 0.29) is 6.03 Å². The monoisotopic (exact) mass is 245 g/mol. The molecule has 0 aliphatic carbocycles. The van der Waals surface area contributed by atoms with Crippen LogP contribution in [0, 0.1) is 0 Å². The Morgan fingerprint density at radius 2 is 1.41 bits per heavy atom. The maximum absolute atomic E-state index is 11.2. The van der Waals surface area contributed by atoms with E-state index in [9.17, 15) is 4.79 Å². The molecule has 2 amide bonds. The molecule has 0 bridgehead atoms. The quantitative estimate of drug-likeness (QED) is 0.770. The van der Waals surface area contributed by atoms with Gasteiger partial charge in [0.05, 0.1) is 0 Å². The predicted molar refractivity (Wildman–Crippen MR) is 75.4 cm³/mol. The van der Waals surface area contributed by atoms with Gasteiger partial charge in [-0.05, 0) is 13.8 Å². The number of nitrogens with zero attached hydrogens (tertiary/aromatic N) is 2. The summed E-state index contributed by atoms with van der Waals surface area (Å²) in [7, 11) is 1.68. The van der Waals surface area contributed by atoms with Crippen molar-refractivity contribution >= 4 is 6.03 Å². The number of rotatable bonds is 1. The third-order valence-corrected chi connectivity index (χ3v) is 2.55. The highest BCUT2D eigenvalue weighted by Crippen LogP contribution is 2.05. The summed E-state index contributed by atoms with van der Waals surface area (Å²) >= 11 is 0. The number of hydrogen-bond donors (Lipinski definition) is 1. The summed E-state index contributed by atoms with van der Waals surface area (Å²) in [5.74, 6) is 0. The Balaban J connectivity index is 0. The van der Waals surface area contributed by atoms with E-state index in [0.29, 0.717) is 6.04 Å². The van der Waals surface area contributed by atoms with Gasteiger partial charge in [-0.2, -0.15) is 0 Å². The number of carbonyl (C=O) groups is 1. The van der Waals surface area contributed by atoms with Crippen LogP contribution < -0.4 is 5.32 Å². The van der Waals surface area contributed by atoms with Gasteiger partial charge in [0, 0.05) is 39.3 Å². The standard InChI is InChI=1S/C9H19N3O.2C2H6/c1-8(2)11-4-6-12(7-5-11)9(13)10-3;2*1-2/h8H,4-7H2,1-3H3,(H,10,13);2*1-2H3. The Hall–Kier alpha value is -0.770. The first-order valence-corrected chi connectivity index (χ1v) is 6.86. The second kappa shape index (κ2) is 11.7. The van der Waals surface area contributed by atoms with Crippen LogP contribution in [0.3, 0.4) is 0 Å². The molecule has 17 heavy (non-hydrogen) atoms. The number of hydrogen-bond acceptors (Lipinski definition) is 2. The Morgan fingerprint density at radius 3 is 1.71 bits per heavy atom. The van der Waals surface area contributed by atoms with Crippen LogP contribution in [-0.2, 0) is 0 Å². The average molecular weight is 245 g/mol. The molecule has 0 aromatic heterocycles. The van der Waals surface area contributed by atoms with Crippen LogP contribution in [-0.4, -0.2) is 55.1 Å². The first-order chi connectivity index (χ1) is 8.15. The van der Waals surface area contributed by atoms with Crippen molar-refractivity contribution in [2.45, 2.75) is 47.6 Å². The number of carbonyl (C=O) groups excluding carboxylic acids is 1. The first-order valence-electron chi connectivity index (χ1n) is 6.86. The van der Waals surface area contributed by atoms with Crippen molar-refractivity contribution in [2.24, 2.45) is 0 Å². The van der Waals surface area contributed by atoms with E-state index in [4.69, 9.17) is 0 Å². The summed E-state index contributed by atoms with van der Waals surface area (Å²) in [6, 6.07) is 0.634. The van der Waals surface area contributed by atoms with Crippen LogP contribution in [0.5, 0.6) is 0 Å². The van der Waals surface area contributed by atoms with Crippen molar-refractivity contribution in [3.05, 3.63) is 0 Å². The summed E-state index contributed by atoms with van der Waals surface area (Å²) in [6.07, 6.45) is 0. The lowest BCUT2D eigenvalue weighted by Gasteiger charge is -2.36. The fourth-order valence-electron chi connectivity index (χ4n) is 1.60. The molecule has 0 atom stereocenters. The van der Waals surface area contributed by atoms with E-state index < -0.39 is 0 Å². The van der Waals surface area contributed by atoms with Crippen LogP contribution in [0.25, 0.3) is 0 Å². The van der Waals surface area contributed by atoms with Gasteiger partial charge >= 0.3 is 6.03 Å². The summed E-state index contributed by atoms with van der Waals surface area (Å²) in [4.78, 5) is 15.5. The van der Waals surface area contributed by atoms with Gasteiger partial charge in [0.2, 0.25) is 0 Å². The van der Waals surface area contributed by atoms with E-state index >= 15 is 0 Å². The average Bonchev–Trinajstić information content (AvgIpc) is 2.42. The Labute approximate surface area is 107 Å². The van der Waals surface area contributed by atoms with Gasteiger partial charge in [-0.3, -0.25) is 4.90 Å². The molecule has 0 spiro atoms. The van der Waals surface area contributed by atoms with Crippen LogP contribution >= 0.6 is 0 Å². The van der Waals surface area contributed by atoms with Crippen LogP contribution in [0.2, 0.25) is 0 Å². The Morgan fingerprint density at radius 1 is 1.00 bits per heavy atom. The molecule has 0 radical (unpaired) electrons. The lowest BCUT2D eigenvalue weighted by molar-refractivity contribution is 0.120. The number of nitrogens with one attached hydrogen (secondary N) is 1. The highest BCUT2D eigenvalue weighted by Gasteiger charge is 2.21. The molecule has 104 valence electrons. The molecule has 1 rings (SSSR count). The van der Waals surface area contributed by atoms with E-state index in [1.54, 1.807) is 7.05 Å². The van der Waals surface area contributed by atoms with Gasteiger partial charge in [0.25, 0.3) is 0 Å². The maximum atomic E-state index is 11.2. The van der Waals surface area contributed by atoms with Crippen molar-refractivity contribution in [2.75, 3.05) is 33.2 Å². The van der Waals surface area contributed by atoms with Crippen LogP contribution in [0.1, 0.15) is 41.5 Å². The topological polar surface area (TPSA) is 35.6 Å². The minimum atomic E-state index is 0.0448. The fraction of sp³-hybridized carbons (Fsp3) is 0.923. The van der Waals surface area contributed by atoms with Crippen molar-refractivity contribution in [1.82, 2.24) is 15.1 Å². The zero-order valence-corrected chi connectivity index (χ0v) is 12.7. The van der Waals surface area contributed by atoms with Gasteiger partial charge < -0.3 is 10.2 Å². The highest BCUT2D eigenvalue weighted by atomic mass is 16.2. The normalized spacial score (nSPS) is 15.4. The van der Waals surface area contributed by atoms with Crippen molar-refractivity contribution in [3.63, 3.8) is 0 Å². The maximum Gasteiger partial charge on any atom is 0.317 e. The van der Waals surface area contributed by atoms with Gasteiger partial charge in [-0.1, -0.05) is 27.7 Å². The fourth-order valence-corrected chi connectivity index (χ4v) is 1.60. The molecule has 1 aliphatic heterocycles. The molecule has 4 heteroatoms. The minimum Gasteiger partial charge on any atom is -0.341 e. The Kier molecular flexibility index (Phi) is 12.8. The first kappa shape index (κ1) is 18.6. The number of amides is 2. The summed E-state index contributed by atoms with van der Waals surface area (Å²) < 4.78 is 0. The second-order valence-corrected chi connectivity index (χ2v) is 3.67. The molecule has 1 heterocycles. The SMILES string of the molecule is CC.CC.CNC(=O)N1CCN(C(C)C)CC1. The molecule has 1 fully saturated rings. The summed E-state index contributed by atoms with van der Waals surface area (Å²) in [5.41, 5.74) is 0. The van der Waals surface area contributed by atoms with Crippen molar-refractivity contribution < 1.29 is 4.79 Å². The van der Waals surface area contributed by atoms with Gasteiger partial charge in [-0.15, -0.1) is 0 Å². The summed E-state index contributed by atoms with van der Waals surface area (Å²) in [5, 5.41) is 2.65. The molecule has 0 saturated carbocycles. The number of piperazine rings is 1. The smallest absolute Gasteiger partial charge is 0.317 e. The molecular weight excluding hydrogens is 214 g/mol. The van der Waals surface area contributed by atoms with Crippen molar-refractivity contribution in [1.29, 1.82) is 0 Å². The zero-order chi connectivity index (χ0) is 13.8. The molecule has 1 aliphatic rings. The predicted octanol–water partition coefficient (Wildman–Crippen LogP) is 2.40. The van der Waals surface area contributed by atoms with E-state index in [1.165, 1.54) is 0 Å². The van der Waals surface area contributed by atoms with Gasteiger partial charge in [0.1, 0.15) is 0 Å². The molecule has 0 aromatic carbocycles. The lowest BCUT2D eigenvalue weighted by atomic mass is 10.2. The van der Waals surface area contributed by atoms with E-state index in [2.05, 4.69) is 24.1 Å². The van der Waals surface area contributed by atoms with Crippen molar-refractivity contribution in [3.8, 4) is 0 Å². The highest BCUT2D eigenvalue weighted by molar-refractivity contribution is 5.73. The Bertz CT molecular complexity index is 176. The van der Waals surface area contributed by atoms with Gasteiger partial charge in [0.15, 0.2) is 0 Å². The summed E-state index contributed by atoms with van der Waals surface area (Å²) in [6.45, 7) is 16.1.